The van der Waals surface area contributed by atoms with Crippen LogP contribution in [0, 0.1) is 0 Å². The number of rotatable bonds is 3. The molecular formula is C10H17ClN4O2S. The van der Waals surface area contributed by atoms with Crippen molar-refractivity contribution in [3.8, 4) is 0 Å². The Hall–Kier alpha value is -0.630. The zero-order valence-corrected chi connectivity index (χ0v) is 12.0. The van der Waals surface area contributed by atoms with E-state index in [1.54, 1.807) is 14.1 Å². The molecule has 1 aliphatic heterocycles. The SMILES string of the molecule is CN(C1CCCNC1)S(=O)(=O)c1c(Cl)cnn1C. The van der Waals surface area contributed by atoms with Gasteiger partial charge in [0.25, 0.3) is 10.0 Å². The lowest BCUT2D eigenvalue weighted by molar-refractivity contribution is 0.298. The van der Waals surface area contributed by atoms with E-state index in [9.17, 15) is 8.42 Å². The molecule has 1 aromatic heterocycles. The predicted molar refractivity (Wildman–Crippen MR) is 69.1 cm³/mol. The van der Waals surface area contributed by atoms with E-state index in [1.807, 2.05) is 0 Å². The summed E-state index contributed by atoms with van der Waals surface area (Å²) in [6.45, 7) is 1.61. The lowest BCUT2D eigenvalue weighted by Crippen LogP contribution is -2.46. The highest BCUT2D eigenvalue weighted by atomic mass is 35.5. The van der Waals surface area contributed by atoms with Crippen LogP contribution in [0.3, 0.4) is 0 Å². The second-order valence-electron chi connectivity index (χ2n) is 4.44. The van der Waals surface area contributed by atoms with Gasteiger partial charge < -0.3 is 5.32 Å². The van der Waals surface area contributed by atoms with Gasteiger partial charge in [-0.25, -0.2) is 8.42 Å². The molecule has 1 N–H and O–H groups in total. The van der Waals surface area contributed by atoms with Crippen molar-refractivity contribution in [1.29, 1.82) is 0 Å². The van der Waals surface area contributed by atoms with Crippen molar-refractivity contribution in [2.24, 2.45) is 7.05 Å². The molecule has 1 unspecified atom stereocenters. The summed E-state index contributed by atoms with van der Waals surface area (Å²) in [6.07, 6.45) is 3.18. The van der Waals surface area contributed by atoms with Crippen molar-refractivity contribution >= 4 is 21.6 Å². The highest BCUT2D eigenvalue weighted by Crippen LogP contribution is 2.25. The Morgan fingerprint density at radius 2 is 2.33 bits per heavy atom. The fourth-order valence-corrected chi connectivity index (χ4v) is 4.15. The number of halogens is 1. The molecule has 2 rings (SSSR count). The summed E-state index contributed by atoms with van der Waals surface area (Å²) in [4.78, 5) is 0. The quantitative estimate of drug-likeness (QED) is 0.878. The van der Waals surface area contributed by atoms with E-state index in [0.717, 1.165) is 19.4 Å². The van der Waals surface area contributed by atoms with Crippen LogP contribution in [0.25, 0.3) is 0 Å². The van der Waals surface area contributed by atoms with Gasteiger partial charge >= 0.3 is 0 Å². The first-order valence-corrected chi connectivity index (χ1v) is 7.62. The minimum absolute atomic E-state index is 0.0327. The highest BCUT2D eigenvalue weighted by Gasteiger charge is 2.32. The van der Waals surface area contributed by atoms with Crippen molar-refractivity contribution in [3.05, 3.63) is 11.2 Å². The minimum Gasteiger partial charge on any atom is -0.315 e. The molecule has 6 nitrogen and oxygen atoms in total. The molecule has 0 saturated carbocycles. The Labute approximate surface area is 112 Å². The third kappa shape index (κ3) is 2.40. The van der Waals surface area contributed by atoms with Gasteiger partial charge in [0.15, 0.2) is 5.03 Å². The largest absolute Gasteiger partial charge is 0.315 e. The van der Waals surface area contributed by atoms with Crippen molar-refractivity contribution in [2.75, 3.05) is 20.1 Å². The maximum Gasteiger partial charge on any atom is 0.261 e. The molecule has 0 bridgehead atoms. The van der Waals surface area contributed by atoms with Crippen LogP contribution < -0.4 is 5.32 Å². The van der Waals surface area contributed by atoms with E-state index in [-0.39, 0.29) is 16.1 Å². The van der Waals surface area contributed by atoms with E-state index in [2.05, 4.69) is 10.4 Å². The van der Waals surface area contributed by atoms with Crippen LogP contribution in [0.1, 0.15) is 12.8 Å². The molecule has 0 spiro atoms. The van der Waals surface area contributed by atoms with Crippen LogP contribution in [0.2, 0.25) is 5.02 Å². The number of hydrogen-bond acceptors (Lipinski definition) is 4. The topological polar surface area (TPSA) is 67.2 Å². The molecule has 0 aromatic carbocycles. The Balaban J connectivity index is 2.30. The number of sulfonamides is 1. The Morgan fingerprint density at radius 3 is 2.83 bits per heavy atom. The van der Waals surface area contributed by atoms with Gasteiger partial charge in [0.05, 0.1) is 11.2 Å². The Morgan fingerprint density at radius 1 is 1.61 bits per heavy atom. The Kier molecular flexibility index (Phi) is 3.96. The van der Waals surface area contributed by atoms with Crippen molar-refractivity contribution in [1.82, 2.24) is 19.4 Å². The monoisotopic (exact) mass is 292 g/mol. The molecule has 0 amide bonds. The van der Waals surface area contributed by atoms with Gasteiger partial charge in [0.2, 0.25) is 0 Å². The summed E-state index contributed by atoms with van der Waals surface area (Å²) in [5.74, 6) is 0. The smallest absolute Gasteiger partial charge is 0.261 e. The number of aromatic nitrogens is 2. The van der Waals surface area contributed by atoms with Crippen LogP contribution in [0.15, 0.2) is 11.2 Å². The van der Waals surface area contributed by atoms with E-state index >= 15 is 0 Å². The second-order valence-corrected chi connectivity index (χ2v) is 6.76. The molecular weight excluding hydrogens is 276 g/mol. The van der Waals surface area contributed by atoms with Crippen LogP contribution in [0.4, 0.5) is 0 Å². The lowest BCUT2D eigenvalue weighted by Gasteiger charge is -2.30. The molecule has 0 aliphatic carbocycles. The van der Waals surface area contributed by atoms with E-state index < -0.39 is 10.0 Å². The minimum atomic E-state index is -3.59. The fraction of sp³-hybridized carbons (Fsp3) is 0.700. The average Bonchev–Trinajstić information content (AvgIpc) is 2.69. The summed E-state index contributed by atoms with van der Waals surface area (Å²) in [5.41, 5.74) is 0. The van der Waals surface area contributed by atoms with Gasteiger partial charge in [-0.1, -0.05) is 11.6 Å². The maximum absolute atomic E-state index is 12.5. The number of piperidine rings is 1. The molecule has 0 radical (unpaired) electrons. The van der Waals surface area contributed by atoms with Crippen molar-refractivity contribution in [3.63, 3.8) is 0 Å². The van der Waals surface area contributed by atoms with Gasteiger partial charge in [-0.2, -0.15) is 9.40 Å². The van der Waals surface area contributed by atoms with Gasteiger partial charge in [0.1, 0.15) is 0 Å². The predicted octanol–water partition coefficient (Wildman–Crippen LogP) is 0.446. The zero-order chi connectivity index (χ0) is 13.3. The zero-order valence-electron chi connectivity index (χ0n) is 10.4. The normalized spacial score (nSPS) is 21.4. The standard InChI is InChI=1S/C10H17ClN4O2S/c1-14-10(9(11)7-13-14)18(16,17)15(2)8-4-3-5-12-6-8/h7-8,12H,3-6H2,1-2H3. The molecule has 8 heteroatoms. The average molecular weight is 293 g/mol. The summed E-state index contributed by atoms with van der Waals surface area (Å²) in [7, 11) is -0.426. The number of nitrogens with zero attached hydrogens (tertiary/aromatic N) is 3. The molecule has 102 valence electrons. The second kappa shape index (κ2) is 5.16. The first-order valence-electron chi connectivity index (χ1n) is 5.81. The van der Waals surface area contributed by atoms with Crippen LogP contribution in [-0.4, -0.2) is 48.7 Å². The lowest BCUT2D eigenvalue weighted by atomic mass is 10.1. The summed E-state index contributed by atoms with van der Waals surface area (Å²) in [5, 5.41) is 7.29. The van der Waals surface area contributed by atoms with Gasteiger partial charge in [0, 0.05) is 26.7 Å². The van der Waals surface area contributed by atoms with E-state index in [1.165, 1.54) is 15.2 Å². The Bertz CT molecular complexity index is 502. The van der Waals surface area contributed by atoms with Gasteiger partial charge in [-0.3, -0.25) is 4.68 Å². The van der Waals surface area contributed by atoms with E-state index in [4.69, 9.17) is 11.6 Å². The maximum atomic E-state index is 12.5. The number of likely N-dealkylation sites (N-methyl/N-ethyl adjacent to an activating group) is 1. The molecule has 2 heterocycles. The van der Waals surface area contributed by atoms with Gasteiger partial charge in [-0.05, 0) is 19.4 Å². The van der Waals surface area contributed by atoms with Gasteiger partial charge in [-0.15, -0.1) is 0 Å². The summed E-state index contributed by atoms with van der Waals surface area (Å²) >= 11 is 5.91. The number of aryl methyl sites for hydroxylation is 1. The first-order chi connectivity index (χ1) is 8.44. The summed E-state index contributed by atoms with van der Waals surface area (Å²) < 4.78 is 27.7. The van der Waals surface area contributed by atoms with Crippen LogP contribution in [0.5, 0.6) is 0 Å². The first kappa shape index (κ1) is 13.8. The summed E-state index contributed by atoms with van der Waals surface area (Å²) in [6, 6.07) is -0.0327. The van der Waals surface area contributed by atoms with Crippen molar-refractivity contribution < 1.29 is 8.42 Å². The number of hydrogen-bond donors (Lipinski definition) is 1. The van der Waals surface area contributed by atoms with Crippen LogP contribution >= 0.6 is 11.6 Å². The van der Waals surface area contributed by atoms with E-state index in [0.29, 0.717) is 6.54 Å². The fourth-order valence-electron chi connectivity index (χ4n) is 2.17. The molecule has 1 aromatic rings. The molecule has 1 saturated heterocycles. The molecule has 1 atom stereocenters. The molecule has 1 fully saturated rings. The number of nitrogens with one attached hydrogen (secondary N) is 1. The third-order valence-corrected chi connectivity index (χ3v) is 5.67. The molecule has 1 aliphatic rings. The highest BCUT2D eigenvalue weighted by molar-refractivity contribution is 7.89. The molecule has 18 heavy (non-hydrogen) atoms. The van der Waals surface area contributed by atoms with Crippen molar-refractivity contribution in [2.45, 2.75) is 23.9 Å². The third-order valence-electron chi connectivity index (χ3n) is 3.25. The van der Waals surface area contributed by atoms with Crippen LogP contribution in [-0.2, 0) is 17.1 Å².